The van der Waals surface area contributed by atoms with Gasteiger partial charge in [-0.1, -0.05) is 0 Å². The van der Waals surface area contributed by atoms with Gasteiger partial charge < -0.3 is 26.4 Å². The Labute approximate surface area is 134 Å². The molecule has 0 aromatic carbocycles. The number of carbonyl (C=O) groups is 4. The van der Waals surface area contributed by atoms with Gasteiger partial charge in [-0.25, -0.2) is 0 Å². The molecule has 1 fully saturated rings. The number of aliphatic carboxylic acids is 1. The summed E-state index contributed by atoms with van der Waals surface area (Å²) in [5.74, 6) is -2.19. The number of primary amides is 1. The Bertz CT molecular complexity index is 468. The molecule has 5 N–H and O–H groups in total. The normalized spacial score (nSPS) is 17.1. The molecule has 130 valence electrons. The Kier molecular flexibility index (Phi) is 7.46. The maximum absolute atomic E-state index is 12.6. The summed E-state index contributed by atoms with van der Waals surface area (Å²) < 4.78 is 0. The Morgan fingerprint density at radius 2 is 1.91 bits per heavy atom. The molecule has 1 atom stereocenters. The van der Waals surface area contributed by atoms with Crippen LogP contribution in [0.25, 0.3) is 0 Å². The fourth-order valence-corrected chi connectivity index (χ4v) is 2.68. The first-order valence-corrected chi connectivity index (χ1v) is 7.65. The quantitative estimate of drug-likeness (QED) is 0.439. The first-order valence-electron chi connectivity index (χ1n) is 7.65. The molecule has 9 heteroatoms. The number of carbonyl (C=O) groups excluding carboxylic acids is 3. The Hall–Kier alpha value is -2.16. The van der Waals surface area contributed by atoms with Crippen molar-refractivity contribution in [2.24, 2.45) is 11.5 Å². The van der Waals surface area contributed by atoms with Crippen LogP contribution in [0.1, 0.15) is 32.1 Å². The number of rotatable bonds is 9. The molecule has 0 aliphatic carbocycles. The van der Waals surface area contributed by atoms with E-state index in [-0.39, 0.29) is 37.9 Å². The summed E-state index contributed by atoms with van der Waals surface area (Å²) in [4.78, 5) is 48.8. The molecular formula is C14H24N4O5. The topological polar surface area (TPSA) is 147 Å². The maximum Gasteiger partial charge on any atom is 0.303 e. The number of nitrogens with zero attached hydrogens (tertiary/aromatic N) is 2. The molecule has 9 nitrogen and oxygen atoms in total. The second kappa shape index (κ2) is 9.09. The average Bonchev–Trinajstić information content (AvgIpc) is 2.97. The molecule has 0 saturated carbocycles. The van der Waals surface area contributed by atoms with Crippen LogP contribution in [-0.4, -0.2) is 70.8 Å². The van der Waals surface area contributed by atoms with Crippen molar-refractivity contribution in [2.45, 2.75) is 38.1 Å². The molecule has 1 aliphatic rings. The highest BCUT2D eigenvalue weighted by Gasteiger charge is 2.36. The van der Waals surface area contributed by atoms with Crippen LogP contribution in [0.5, 0.6) is 0 Å². The minimum Gasteiger partial charge on any atom is -0.481 e. The molecule has 0 aromatic rings. The van der Waals surface area contributed by atoms with Crippen molar-refractivity contribution in [3.8, 4) is 0 Å². The van der Waals surface area contributed by atoms with Crippen molar-refractivity contribution in [2.75, 3.05) is 26.2 Å². The van der Waals surface area contributed by atoms with Gasteiger partial charge in [0.05, 0.1) is 13.1 Å². The minimum absolute atomic E-state index is 0.000184. The number of unbranched alkanes of at least 4 members (excludes halogenated alkanes) is 1. The largest absolute Gasteiger partial charge is 0.481 e. The van der Waals surface area contributed by atoms with E-state index in [0.717, 1.165) is 0 Å². The van der Waals surface area contributed by atoms with Crippen molar-refractivity contribution >= 4 is 23.7 Å². The van der Waals surface area contributed by atoms with Gasteiger partial charge in [-0.2, -0.15) is 0 Å². The van der Waals surface area contributed by atoms with Crippen LogP contribution in [0, 0.1) is 0 Å². The van der Waals surface area contributed by atoms with Crippen LogP contribution < -0.4 is 11.5 Å². The van der Waals surface area contributed by atoms with E-state index < -0.39 is 17.9 Å². The van der Waals surface area contributed by atoms with Crippen molar-refractivity contribution in [1.29, 1.82) is 0 Å². The predicted molar refractivity (Wildman–Crippen MR) is 81.1 cm³/mol. The Morgan fingerprint density at radius 3 is 2.48 bits per heavy atom. The number of hydrogen-bond donors (Lipinski definition) is 3. The van der Waals surface area contributed by atoms with Gasteiger partial charge in [0.1, 0.15) is 6.04 Å². The van der Waals surface area contributed by atoms with Crippen LogP contribution in [0.4, 0.5) is 0 Å². The fourth-order valence-electron chi connectivity index (χ4n) is 2.68. The minimum atomic E-state index is -0.909. The highest BCUT2D eigenvalue weighted by atomic mass is 16.4. The first kappa shape index (κ1) is 18.9. The lowest BCUT2D eigenvalue weighted by Gasteiger charge is -2.29. The SMILES string of the molecule is NCC(=O)N1CCC[C@H]1C(=O)N(CCCCC(=O)O)CC(N)=O. The van der Waals surface area contributed by atoms with Crippen LogP contribution in [-0.2, 0) is 19.2 Å². The summed E-state index contributed by atoms with van der Waals surface area (Å²) in [6, 6.07) is -0.620. The third kappa shape index (κ3) is 5.85. The van der Waals surface area contributed by atoms with Gasteiger partial charge in [0.25, 0.3) is 0 Å². The van der Waals surface area contributed by atoms with Gasteiger partial charge in [-0.05, 0) is 25.7 Å². The summed E-state index contributed by atoms with van der Waals surface area (Å²) in [5.41, 5.74) is 10.5. The van der Waals surface area contributed by atoms with Gasteiger partial charge in [0.2, 0.25) is 17.7 Å². The standard InChI is InChI=1S/C14H24N4O5/c15-8-12(20)18-7-3-4-10(18)14(23)17(9-11(16)19)6-2-1-5-13(21)22/h10H,1-9,15H2,(H2,16,19)(H,21,22)/t10-/m0/s1. The summed E-state index contributed by atoms with van der Waals surface area (Å²) >= 11 is 0. The molecule has 0 bridgehead atoms. The van der Waals surface area contributed by atoms with Gasteiger partial charge in [0.15, 0.2) is 0 Å². The van der Waals surface area contributed by atoms with Gasteiger partial charge in [-0.3, -0.25) is 19.2 Å². The monoisotopic (exact) mass is 328 g/mol. The van der Waals surface area contributed by atoms with E-state index in [1.165, 1.54) is 9.80 Å². The van der Waals surface area contributed by atoms with E-state index in [0.29, 0.717) is 32.2 Å². The third-order valence-electron chi connectivity index (χ3n) is 3.76. The molecule has 1 heterocycles. The van der Waals surface area contributed by atoms with Crippen LogP contribution in [0.15, 0.2) is 0 Å². The highest BCUT2D eigenvalue weighted by molar-refractivity contribution is 5.91. The summed E-state index contributed by atoms with van der Waals surface area (Å²) in [7, 11) is 0. The van der Waals surface area contributed by atoms with Crippen molar-refractivity contribution < 1.29 is 24.3 Å². The second-order valence-corrected chi connectivity index (χ2v) is 5.53. The van der Waals surface area contributed by atoms with Crippen molar-refractivity contribution in [3.05, 3.63) is 0 Å². The van der Waals surface area contributed by atoms with Crippen LogP contribution in [0.3, 0.4) is 0 Å². The number of amides is 3. The summed E-state index contributed by atoms with van der Waals surface area (Å²) in [5, 5.41) is 8.62. The lowest BCUT2D eigenvalue weighted by Crippen LogP contribution is -2.51. The van der Waals surface area contributed by atoms with Crippen LogP contribution in [0.2, 0.25) is 0 Å². The van der Waals surface area contributed by atoms with Gasteiger partial charge in [0, 0.05) is 19.5 Å². The van der Waals surface area contributed by atoms with E-state index in [9.17, 15) is 19.2 Å². The average molecular weight is 328 g/mol. The lowest BCUT2D eigenvalue weighted by atomic mass is 10.1. The highest BCUT2D eigenvalue weighted by Crippen LogP contribution is 2.19. The second-order valence-electron chi connectivity index (χ2n) is 5.53. The fraction of sp³-hybridized carbons (Fsp3) is 0.714. The molecule has 1 rings (SSSR count). The molecular weight excluding hydrogens is 304 g/mol. The summed E-state index contributed by atoms with van der Waals surface area (Å²) in [6.07, 6.45) is 2.07. The van der Waals surface area contributed by atoms with E-state index in [1.54, 1.807) is 0 Å². The number of carboxylic acids is 1. The number of carboxylic acid groups (broad SMARTS) is 1. The lowest BCUT2D eigenvalue weighted by molar-refractivity contribution is -0.144. The zero-order valence-corrected chi connectivity index (χ0v) is 13.1. The molecule has 0 aromatic heterocycles. The first-order chi connectivity index (χ1) is 10.9. The van der Waals surface area contributed by atoms with Crippen LogP contribution >= 0.6 is 0 Å². The summed E-state index contributed by atoms with van der Waals surface area (Å²) in [6.45, 7) is 0.289. The van der Waals surface area contributed by atoms with Crippen molar-refractivity contribution in [3.63, 3.8) is 0 Å². The van der Waals surface area contributed by atoms with E-state index in [4.69, 9.17) is 16.6 Å². The van der Waals surface area contributed by atoms with E-state index in [2.05, 4.69) is 0 Å². The van der Waals surface area contributed by atoms with Gasteiger partial charge >= 0.3 is 5.97 Å². The smallest absolute Gasteiger partial charge is 0.303 e. The Balaban J connectivity index is 2.68. The molecule has 3 amide bonds. The van der Waals surface area contributed by atoms with E-state index >= 15 is 0 Å². The van der Waals surface area contributed by atoms with E-state index in [1.807, 2.05) is 0 Å². The van der Waals surface area contributed by atoms with Gasteiger partial charge in [-0.15, -0.1) is 0 Å². The maximum atomic E-state index is 12.6. The third-order valence-corrected chi connectivity index (χ3v) is 3.76. The molecule has 1 aliphatic heterocycles. The molecule has 0 spiro atoms. The number of nitrogens with two attached hydrogens (primary N) is 2. The molecule has 1 saturated heterocycles. The van der Waals surface area contributed by atoms with Crippen molar-refractivity contribution in [1.82, 2.24) is 9.80 Å². The predicted octanol–water partition coefficient (Wildman–Crippen LogP) is -1.50. The Morgan fingerprint density at radius 1 is 1.22 bits per heavy atom. The number of hydrogen-bond acceptors (Lipinski definition) is 5. The number of likely N-dealkylation sites (tertiary alicyclic amines) is 1. The molecule has 0 radical (unpaired) electrons. The zero-order valence-electron chi connectivity index (χ0n) is 13.1. The molecule has 0 unspecified atom stereocenters. The molecule has 23 heavy (non-hydrogen) atoms. The zero-order chi connectivity index (χ0) is 17.4.